The van der Waals surface area contributed by atoms with Crippen LogP contribution in [0.2, 0.25) is 0 Å². The molecule has 0 saturated carbocycles. The summed E-state index contributed by atoms with van der Waals surface area (Å²) in [4.78, 5) is 22.4. The van der Waals surface area contributed by atoms with Crippen molar-refractivity contribution in [1.82, 2.24) is 19.6 Å². The van der Waals surface area contributed by atoms with Gasteiger partial charge in [0, 0.05) is 18.4 Å². The SMILES string of the molecule is COc1cc([C@H]2CC(=O)c3cn4nc(SCc5ccccc5C)nc4nc3C2)cc(OC)c1OC. The topological polar surface area (TPSA) is 87.8 Å². The number of fused-ring (bicyclic) bond motifs is 2. The highest BCUT2D eigenvalue weighted by Crippen LogP contribution is 2.42. The first-order valence-electron chi connectivity index (χ1n) is 11.3. The first kappa shape index (κ1) is 23.2. The number of hydrogen-bond donors (Lipinski definition) is 0. The Morgan fingerprint density at radius 1 is 1.03 bits per heavy atom. The molecule has 1 aliphatic rings. The van der Waals surface area contributed by atoms with Gasteiger partial charge in [-0.3, -0.25) is 4.79 Å². The highest BCUT2D eigenvalue weighted by molar-refractivity contribution is 7.98. The predicted octanol–water partition coefficient (Wildman–Crippen LogP) is 4.66. The van der Waals surface area contributed by atoms with Gasteiger partial charge in [-0.15, -0.1) is 5.10 Å². The van der Waals surface area contributed by atoms with Gasteiger partial charge in [0.1, 0.15) is 0 Å². The minimum Gasteiger partial charge on any atom is -0.493 e. The van der Waals surface area contributed by atoms with Crippen molar-refractivity contribution in [2.45, 2.75) is 36.6 Å². The van der Waals surface area contributed by atoms with Crippen LogP contribution in [0.5, 0.6) is 17.2 Å². The summed E-state index contributed by atoms with van der Waals surface area (Å²) in [5, 5.41) is 5.18. The molecule has 0 spiro atoms. The maximum atomic E-state index is 13.1. The number of carbonyl (C=O) groups excluding carboxylic acids is 1. The van der Waals surface area contributed by atoms with E-state index in [4.69, 9.17) is 19.2 Å². The lowest BCUT2D eigenvalue weighted by Gasteiger charge is -2.24. The molecule has 2 aromatic carbocycles. The Bertz CT molecular complexity index is 1390. The molecule has 1 atom stereocenters. The summed E-state index contributed by atoms with van der Waals surface area (Å²) in [5.41, 5.74) is 4.75. The lowest BCUT2D eigenvalue weighted by atomic mass is 9.82. The average molecular weight is 491 g/mol. The van der Waals surface area contributed by atoms with Crippen molar-refractivity contribution >= 4 is 23.3 Å². The number of rotatable bonds is 7. The molecule has 9 heteroatoms. The number of aryl methyl sites for hydroxylation is 1. The number of Topliss-reactive ketones (excluding diaryl/α,β-unsaturated/α-hetero) is 1. The van der Waals surface area contributed by atoms with Gasteiger partial charge in [0.15, 0.2) is 17.3 Å². The molecule has 4 aromatic rings. The van der Waals surface area contributed by atoms with E-state index in [0.717, 1.165) is 17.0 Å². The van der Waals surface area contributed by atoms with E-state index in [1.54, 1.807) is 43.8 Å². The Morgan fingerprint density at radius 2 is 1.77 bits per heavy atom. The second-order valence-electron chi connectivity index (χ2n) is 8.44. The van der Waals surface area contributed by atoms with Crippen molar-refractivity contribution in [3.8, 4) is 17.2 Å². The molecule has 35 heavy (non-hydrogen) atoms. The molecule has 0 unspecified atom stereocenters. The molecule has 0 fully saturated rings. The van der Waals surface area contributed by atoms with Crippen LogP contribution in [0.1, 0.15) is 45.1 Å². The van der Waals surface area contributed by atoms with Crippen LogP contribution in [0.25, 0.3) is 5.78 Å². The van der Waals surface area contributed by atoms with Gasteiger partial charge >= 0.3 is 0 Å². The fraction of sp³-hybridized carbons (Fsp3) is 0.308. The zero-order valence-corrected chi connectivity index (χ0v) is 20.9. The van der Waals surface area contributed by atoms with E-state index in [9.17, 15) is 4.79 Å². The van der Waals surface area contributed by atoms with E-state index in [0.29, 0.717) is 46.6 Å². The summed E-state index contributed by atoms with van der Waals surface area (Å²) < 4.78 is 18.0. The summed E-state index contributed by atoms with van der Waals surface area (Å²) in [5.74, 6) is 2.90. The van der Waals surface area contributed by atoms with Crippen LogP contribution in [0, 0.1) is 6.92 Å². The summed E-state index contributed by atoms with van der Waals surface area (Å²) in [6.45, 7) is 2.10. The van der Waals surface area contributed by atoms with Gasteiger partial charge < -0.3 is 14.2 Å². The lowest BCUT2D eigenvalue weighted by molar-refractivity contribution is 0.0962. The Hall–Kier alpha value is -3.59. The summed E-state index contributed by atoms with van der Waals surface area (Å²) in [6, 6.07) is 12.1. The number of benzene rings is 2. The molecule has 5 rings (SSSR count). The van der Waals surface area contributed by atoms with Crippen LogP contribution in [-0.4, -0.2) is 46.7 Å². The fourth-order valence-corrected chi connectivity index (χ4v) is 5.31. The van der Waals surface area contributed by atoms with Crippen molar-refractivity contribution in [2.24, 2.45) is 0 Å². The molecular formula is C26H26N4O4S. The first-order chi connectivity index (χ1) is 17.0. The number of nitrogens with zero attached hydrogens (tertiary/aromatic N) is 4. The number of methoxy groups -OCH3 is 3. The number of ether oxygens (including phenoxy) is 3. The quantitative estimate of drug-likeness (QED) is 0.346. The minimum absolute atomic E-state index is 0.0315. The summed E-state index contributed by atoms with van der Waals surface area (Å²) in [7, 11) is 4.74. The molecular weight excluding hydrogens is 464 g/mol. The minimum atomic E-state index is -0.0588. The Kier molecular flexibility index (Phi) is 6.34. The second kappa shape index (κ2) is 9.58. The Morgan fingerprint density at radius 3 is 2.46 bits per heavy atom. The van der Waals surface area contributed by atoms with E-state index in [-0.39, 0.29) is 11.7 Å². The van der Waals surface area contributed by atoms with E-state index in [2.05, 4.69) is 29.1 Å². The normalized spacial score (nSPS) is 15.2. The van der Waals surface area contributed by atoms with Crippen LogP contribution >= 0.6 is 11.8 Å². The van der Waals surface area contributed by atoms with Crippen molar-refractivity contribution in [3.05, 3.63) is 70.5 Å². The molecule has 8 nitrogen and oxygen atoms in total. The van der Waals surface area contributed by atoms with E-state index >= 15 is 0 Å². The van der Waals surface area contributed by atoms with E-state index < -0.39 is 0 Å². The van der Waals surface area contributed by atoms with E-state index in [1.165, 1.54) is 11.1 Å². The number of thioether (sulfide) groups is 1. The van der Waals surface area contributed by atoms with Crippen molar-refractivity contribution in [2.75, 3.05) is 21.3 Å². The molecule has 0 saturated heterocycles. The zero-order valence-electron chi connectivity index (χ0n) is 20.1. The Balaban J connectivity index is 1.43. The van der Waals surface area contributed by atoms with Crippen LogP contribution in [0.4, 0.5) is 0 Å². The second-order valence-corrected chi connectivity index (χ2v) is 9.38. The molecule has 0 aliphatic heterocycles. The van der Waals surface area contributed by atoms with Crippen LogP contribution in [-0.2, 0) is 12.2 Å². The van der Waals surface area contributed by atoms with Crippen LogP contribution in [0.15, 0.2) is 47.8 Å². The maximum absolute atomic E-state index is 13.1. The number of hydrogen-bond acceptors (Lipinski definition) is 8. The van der Waals surface area contributed by atoms with Gasteiger partial charge in [-0.25, -0.2) is 9.50 Å². The van der Waals surface area contributed by atoms with Gasteiger partial charge in [-0.05, 0) is 48.1 Å². The third-order valence-electron chi connectivity index (χ3n) is 6.34. The van der Waals surface area contributed by atoms with Crippen molar-refractivity contribution in [1.29, 1.82) is 0 Å². The van der Waals surface area contributed by atoms with Crippen LogP contribution < -0.4 is 14.2 Å². The standard InChI is InChI=1S/C26H26N4O4S/c1-15-7-5-6-8-16(15)14-35-26-28-25-27-20-9-17(10-21(31)19(20)13-30(25)29-26)18-11-22(32-2)24(34-4)23(12-18)33-3/h5-8,11-13,17H,9-10,14H2,1-4H3/t17-/m1/s1. The van der Waals surface area contributed by atoms with Crippen molar-refractivity contribution < 1.29 is 19.0 Å². The third kappa shape index (κ3) is 4.43. The lowest BCUT2D eigenvalue weighted by Crippen LogP contribution is -2.21. The maximum Gasteiger partial charge on any atom is 0.253 e. The third-order valence-corrected chi connectivity index (χ3v) is 7.23. The highest BCUT2D eigenvalue weighted by Gasteiger charge is 2.30. The predicted molar refractivity (Wildman–Crippen MR) is 133 cm³/mol. The molecule has 1 aliphatic carbocycles. The van der Waals surface area contributed by atoms with Gasteiger partial charge in [-0.1, -0.05) is 36.0 Å². The largest absolute Gasteiger partial charge is 0.493 e. The molecule has 2 heterocycles. The number of carbonyl (C=O) groups is 1. The molecule has 0 N–H and O–H groups in total. The Labute approximate surface area is 207 Å². The number of ketones is 1. The zero-order chi connectivity index (χ0) is 24.5. The molecule has 2 aromatic heterocycles. The smallest absolute Gasteiger partial charge is 0.253 e. The molecule has 180 valence electrons. The van der Waals surface area contributed by atoms with Gasteiger partial charge in [0.2, 0.25) is 10.9 Å². The van der Waals surface area contributed by atoms with Crippen molar-refractivity contribution in [3.63, 3.8) is 0 Å². The molecule has 0 radical (unpaired) electrons. The summed E-state index contributed by atoms with van der Waals surface area (Å²) in [6.07, 6.45) is 2.73. The van der Waals surface area contributed by atoms with Gasteiger partial charge in [-0.2, -0.15) is 4.98 Å². The van der Waals surface area contributed by atoms with E-state index in [1.807, 2.05) is 24.3 Å². The fourth-order valence-electron chi connectivity index (χ4n) is 4.41. The van der Waals surface area contributed by atoms with Gasteiger partial charge in [0.05, 0.1) is 32.6 Å². The van der Waals surface area contributed by atoms with Crippen LogP contribution in [0.3, 0.4) is 0 Å². The number of aromatic nitrogens is 4. The van der Waals surface area contributed by atoms with Gasteiger partial charge in [0.25, 0.3) is 5.78 Å². The monoisotopic (exact) mass is 490 g/mol. The molecule has 0 bridgehead atoms. The average Bonchev–Trinajstić information content (AvgIpc) is 3.27. The first-order valence-corrected chi connectivity index (χ1v) is 12.3. The molecule has 0 amide bonds. The summed E-state index contributed by atoms with van der Waals surface area (Å²) >= 11 is 1.56. The highest BCUT2D eigenvalue weighted by atomic mass is 32.2.